The van der Waals surface area contributed by atoms with Crippen LogP contribution in [0.5, 0.6) is 0 Å². The third-order valence-corrected chi connectivity index (χ3v) is 4.72. The van der Waals surface area contributed by atoms with Gasteiger partial charge in [0, 0.05) is 0 Å². The fraction of sp³-hybridized carbons (Fsp3) is 0.182. The van der Waals surface area contributed by atoms with Crippen LogP contribution in [0.15, 0.2) is 21.9 Å². The van der Waals surface area contributed by atoms with Gasteiger partial charge in [0.05, 0.1) is 9.80 Å². The van der Waals surface area contributed by atoms with E-state index < -0.39 is 11.8 Å². The van der Waals surface area contributed by atoms with Gasteiger partial charge >= 0.3 is 5.97 Å². The molecule has 0 unspecified atom stereocenters. The van der Waals surface area contributed by atoms with Gasteiger partial charge in [-0.05, 0) is 24.6 Å². The van der Waals surface area contributed by atoms with Gasteiger partial charge in [-0.1, -0.05) is 23.2 Å². The molecule has 0 aliphatic rings. The van der Waals surface area contributed by atoms with Crippen LogP contribution in [0.3, 0.4) is 0 Å². The van der Waals surface area contributed by atoms with Crippen molar-refractivity contribution in [3.05, 3.63) is 37.8 Å². The highest BCUT2D eigenvalue weighted by Crippen LogP contribution is 2.30. The fourth-order valence-electron chi connectivity index (χ4n) is 1.28. The zero-order chi connectivity index (χ0) is 14.6. The number of aromatic nitrogens is 1. The molecule has 1 N–H and O–H groups in total. The SMILES string of the molecule is CSC(SC)=C(C(=O)O)C(=O)c1ccc(Cl)nc1Cl. The van der Waals surface area contributed by atoms with Gasteiger partial charge in [0.25, 0.3) is 0 Å². The average molecular weight is 338 g/mol. The van der Waals surface area contributed by atoms with E-state index in [1.807, 2.05) is 0 Å². The first-order valence-electron chi connectivity index (χ1n) is 4.84. The lowest BCUT2D eigenvalue weighted by Crippen LogP contribution is -2.15. The summed E-state index contributed by atoms with van der Waals surface area (Å²) in [6, 6.07) is 2.75. The highest BCUT2D eigenvalue weighted by molar-refractivity contribution is 8.21. The van der Waals surface area contributed by atoms with Crippen LogP contribution in [0.1, 0.15) is 10.4 Å². The lowest BCUT2D eigenvalue weighted by atomic mass is 10.1. The van der Waals surface area contributed by atoms with E-state index >= 15 is 0 Å². The Morgan fingerprint density at radius 2 is 1.79 bits per heavy atom. The van der Waals surface area contributed by atoms with E-state index in [4.69, 9.17) is 23.2 Å². The normalized spacial score (nSPS) is 10.1. The number of thioether (sulfide) groups is 2. The van der Waals surface area contributed by atoms with E-state index in [0.29, 0.717) is 4.24 Å². The van der Waals surface area contributed by atoms with Gasteiger partial charge in [0.1, 0.15) is 15.9 Å². The second kappa shape index (κ2) is 7.19. The molecule has 19 heavy (non-hydrogen) atoms. The highest BCUT2D eigenvalue weighted by atomic mass is 35.5. The number of hydrogen-bond donors (Lipinski definition) is 1. The lowest BCUT2D eigenvalue weighted by Gasteiger charge is -2.08. The third kappa shape index (κ3) is 3.89. The number of Topliss-reactive ketones (excluding diaryl/α,β-unsaturated/α-hetero) is 1. The van der Waals surface area contributed by atoms with Gasteiger partial charge in [-0.25, -0.2) is 9.78 Å². The molecule has 0 aliphatic heterocycles. The second-order valence-electron chi connectivity index (χ2n) is 3.18. The Labute approximate surface area is 128 Å². The zero-order valence-electron chi connectivity index (χ0n) is 9.94. The molecule has 102 valence electrons. The van der Waals surface area contributed by atoms with Crippen LogP contribution >= 0.6 is 46.7 Å². The molecule has 0 aromatic carbocycles. The number of halogens is 2. The highest BCUT2D eigenvalue weighted by Gasteiger charge is 2.25. The number of carbonyl (C=O) groups is 2. The van der Waals surface area contributed by atoms with Crippen LogP contribution < -0.4 is 0 Å². The number of pyridine rings is 1. The molecule has 0 aliphatic carbocycles. The Kier molecular flexibility index (Phi) is 6.19. The van der Waals surface area contributed by atoms with Crippen molar-refractivity contribution in [1.29, 1.82) is 0 Å². The van der Waals surface area contributed by atoms with Crippen LogP contribution in [0.25, 0.3) is 0 Å². The largest absolute Gasteiger partial charge is 0.477 e. The number of carbonyl (C=O) groups excluding carboxylic acids is 1. The fourth-order valence-corrected chi connectivity index (χ4v) is 3.15. The van der Waals surface area contributed by atoms with Crippen molar-refractivity contribution in [2.24, 2.45) is 0 Å². The molecule has 8 heteroatoms. The average Bonchev–Trinajstić information content (AvgIpc) is 2.34. The third-order valence-electron chi connectivity index (χ3n) is 2.08. The van der Waals surface area contributed by atoms with E-state index in [1.54, 1.807) is 12.5 Å². The molecule has 1 aromatic heterocycles. The molecule has 1 aromatic rings. The van der Waals surface area contributed by atoms with Crippen LogP contribution in [0.2, 0.25) is 10.3 Å². The standard InChI is InChI=1S/C11H9Cl2NO3S2/c1-18-11(19-2)7(10(16)17)8(15)5-3-4-6(12)14-9(5)13/h3-4H,1-2H3,(H,16,17). The number of carboxylic acid groups (broad SMARTS) is 1. The predicted octanol–water partition coefficient (Wildman–Crippen LogP) is 3.59. The second-order valence-corrected chi connectivity index (χ2v) is 5.81. The molecule has 4 nitrogen and oxygen atoms in total. The van der Waals surface area contributed by atoms with Crippen molar-refractivity contribution in [2.45, 2.75) is 0 Å². The first-order valence-corrected chi connectivity index (χ1v) is 8.05. The summed E-state index contributed by atoms with van der Waals surface area (Å²) in [6.07, 6.45) is 3.40. The first kappa shape index (κ1) is 16.4. The van der Waals surface area contributed by atoms with Crippen molar-refractivity contribution in [2.75, 3.05) is 12.5 Å². The van der Waals surface area contributed by atoms with Crippen LogP contribution in [0, 0.1) is 0 Å². The van der Waals surface area contributed by atoms with Gasteiger partial charge in [-0.15, -0.1) is 23.5 Å². The molecule has 0 spiro atoms. The van der Waals surface area contributed by atoms with E-state index in [2.05, 4.69) is 4.98 Å². The number of rotatable bonds is 5. The lowest BCUT2D eigenvalue weighted by molar-refractivity contribution is -0.132. The summed E-state index contributed by atoms with van der Waals surface area (Å²) in [5, 5.41) is 9.21. The van der Waals surface area contributed by atoms with Crippen LogP contribution in [-0.2, 0) is 4.79 Å². The molecule has 0 fully saturated rings. The maximum atomic E-state index is 12.2. The number of aliphatic carboxylic acids is 1. The van der Waals surface area contributed by atoms with Gasteiger partial charge in [-0.3, -0.25) is 4.79 Å². The first-order chi connectivity index (χ1) is 8.92. The van der Waals surface area contributed by atoms with Crippen molar-refractivity contribution in [3.8, 4) is 0 Å². The Balaban J connectivity index is 3.36. The van der Waals surface area contributed by atoms with Crippen LogP contribution in [-0.4, -0.2) is 34.4 Å². The predicted molar refractivity (Wildman–Crippen MR) is 80.3 cm³/mol. The van der Waals surface area contributed by atoms with Crippen molar-refractivity contribution in [1.82, 2.24) is 4.98 Å². The van der Waals surface area contributed by atoms with E-state index in [0.717, 1.165) is 0 Å². The van der Waals surface area contributed by atoms with E-state index in [9.17, 15) is 14.7 Å². The van der Waals surface area contributed by atoms with E-state index in [-0.39, 0.29) is 21.4 Å². The molecular weight excluding hydrogens is 329 g/mol. The summed E-state index contributed by atoms with van der Waals surface area (Å²) in [6.45, 7) is 0. The van der Waals surface area contributed by atoms with Crippen molar-refractivity contribution in [3.63, 3.8) is 0 Å². The molecule has 0 bridgehead atoms. The van der Waals surface area contributed by atoms with Gasteiger partial charge in [-0.2, -0.15) is 0 Å². The minimum atomic E-state index is -1.30. The smallest absolute Gasteiger partial charge is 0.341 e. The number of ketones is 1. The Bertz CT molecular complexity index is 555. The molecule has 0 saturated heterocycles. The van der Waals surface area contributed by atoms with Crippen molar-refractivity contribution < 1.29 is 14.7 Å². The molecular formula is C11H9Cl2NO3S2. The minimum Gasteiger partial charge on any atom is -0.477 e. The number of nitrogens with zero attached hydrogens (tertiary/aromatic N) is 1. The summed E-state index contributed by atoms with van der Waals surface area (Å²) in [5.41, 5.74) is -0.296. The van der Waals surface area contributed by atoms with E-state index in [1.165, 1.54) is 35.7 Å². The molecule has 0 amide bonds. The molecule has 0 saturated carbocycles. The monoisotopic (exact) mass is 337 g/mol. The minimum absolute atomic E-state index is 0.0177. The van der Waals surface area contributed by atoms with Gasteiger partial charge in [0.15, 0.2) is 0 Å². The molecule has 1 rings (SSSR count). The van der Waals surface area contributed by atoms with Gasteiger partial charge < -0.3 is 5.11 Å². The Hall–Kier alpha value is -0.690. The zero-order valence-corrected chi connectivity index (χ0v) is 13.1. The van der Waals surface area contributed by atoms with Crippen molar-refractivity contribution >= 4 is 58.5 Å². The summed E-state index contributed by atoms with van der Waals surface area (Å²) < 4.78 is 0.406. The maximum absolute atomic E-state index is 12.2. The molecule has 0 radical (unpaired) electrons. The number of carboxylic acids is 1. The maximum Gasteiger partial charge on any atom is 0.341 e. The Morgan fingerprint density at radius 3 is 2.21 bits per heavy atom. The summed E-state index contributed by atoms with van der Waals surface area (Å²) in [7, 11) is 0. The summed E-state index contributed by atoms with van der Waals surface area (Å²) in [4.78, 5) is 27.2. The van der Waals surface area contributed by atoms with Gasteiger partial charge in [0.2, 0.25) is 5.78 Å². The quantitative estimate of drug-likeness (QED) is 0.291. The Morgan fingerprint density at radius 1 is 1.21 bits per heavy atom. The molecule has 0 atom stereocenters. The van der Waals surface area contributed by atoms with Crippen LogP contribution in [0.4, 0.5) is 0 Å². The molecule has 1 heterocycles. The summed E-state index contributed by atoms with van der Waals surface area (Å²) in [5.74, 6) is -1.98. The topological polar surface area (TPSA) is 67.3 Å². The number of hydrogen-bond acceptors (Lipinski definition) is 5. The summed E-state index contributed by atoms with van der Waals surface area (Å²) >= 11 is 13.8.